The van der Waals surface area contributed by atoms with Gasteiger partial charge in [-0.15, -0.1) is 0 Å². The number of anilines is 1. The highest BCUT2D eigenvalue weighted by Gasteiger charge is 2.15. The molecule has 0 spiro atoms. The summed E-state index contributed by atoms with van der Waals surface area (Å²) in [5, 5.41) is 12.5. The molecule has 2 aromatic rings. The Morgan fingerprint density at radius 1 is 0.905 bits per heavy atom. The lowest BCUT2D eigenvalue weighted by Crippen LogP contribution is -2.14. The second-order valence-corrected chi connectivity index (χ2v) is 5.42. The van der Waals surface area contributed by atoms with Crippen LogP contribution in [-0.4, -0.2) is 17.0 Å². The summed E-state index contributed by atoms with van der Waals surface area (Å²) in [5.41, 5.74) is 0.246. The summed E-state index contributed by atoms with van der Waals surface area (Å²) in [6.07, 6.45) is 0. The van der Waals surface area contributed by atoms with Crippen molar-refractivity contribution in [3.63, 3.8) is 0 Å². The van der Waals surface area contributed by atoms with Crippen molar-refractivity contribution in [3.05, 3.63) is 62.6 Å². The molecule has 0 heterocycles. The van der Waals surface area contributed by atoms with Crippen LogP contribution in [0.5, 0.6) is 0 Å². The third-order valence-electron chi connectivity index (χ3n) is 2.58. The number of carboxylic acid groups (broad SMARTS) is 1. The molecule has 0 aromatic heterocycles. The average Bonchev–Trinajstić information content (AvgIpc) is 2.39. The molecule has 2 aromatic carbocycles. The van der Waals surface area contributed by atoms with E-state index in [1.165, 1.54) is 36.4 Å². The third kappa shape index (κ3) is 3.88. The molecule has 0 aliphatic carbocycles. The van der Waals surface area contributed by atoms with Gasteiger partial charge >= 0.3 is 5.97 Å². The molecule has 4 nitrogen and oxygen atoms in total. The normalized spacial score (nSPS) is 10.2. The molecule has 0 bridgehead atoms. The zero-order valence-corrected chi connectivity index (χ0v) is 12.6. The van der Waals surface area contributed by atoms with E-state index >= 15 is 0 Å². The number of nitrogens with one attached hydrogen (secondary N) is 1. The lowest BCUT2D eigenvalue weighted by molar-refractivity contribution is 0.0698. The standard InChI is InChI=1S/C14H8Cl3NO3/c15-8-1-2-12(11(6-8)14(20)21)18-13(19)7-3-9(16)5-10(17)4-7/h1-6H,(H,18,19)(H,20,21). The molecular weight excluding hydrogens is 337 g/mol. The number of amides is 1. The van der Waals surface area contributed by atoms with Crippen LogP contribution >= 0.6 is 34.8 Å². The van der Waals surface area contributed by atoms with Gasteiger partial charge in [-0.25, -0.2) is 4.79 Å². The van der Waals surface area contributed by atoms with Crippen LogP contribution in [0, 0.1) is 0 Å². The summed E-state index contributed by atoms with van der Waals surface area (Å²) < 4.78 is 0. The number of benzene rings is 2. The number of hydrogen-bond acceptors (Lipinski definition) is 2. The lowest BCUT2D eigenvalue weighted by Gasteiger charge is -2.09. The van der Waals surface area contributed by atoms with Crippen molar-refractivity contribution in [2.45, 2.75) is 0 Å². The maximum Gasteiger partial charge on any atom is 0.337 e. The van der Waals surface area contributed by atoms with E-state index in [0.29, 0.717) is 10.0 Å². The molecule has 21 heavy (non-hydrogen) atoms. The third-order valence-corrected chi connectivity index (χ3v) is 3.26. The van der Waals surface area contributed by atoms with E-state index in [0.717, 1.165) is 0 Å². The van der Waals surface area contributed by atoms with Gasteiger partial charge in [0.1, 0.15) is 0 Å². The highest BCUT2D eigenvalue weighted by Crippen LogP contribution is 2.23. The summed E-state index contributed by atoms with van der Waals surface area (Å²) in [5.74, 6) is -1.72. The molecule has 7 heteroatoms. The number of rotatable bonds is 3. The Kier molecular flexibility index (Phi) is 4.73. The SMILES string of the molecule is O=C(Nc1ccc(Cl)cc1C(=O)O)c1cc(Cl)cc(Cl)c1. The van der Waals surface area contributed by atoms with Gasteiger partial charge in [-0.3, -0.25) is 4.79 Å². The van der Waals surface area contributed by atoms with Crippen LogP contribution in [0.25, 0.3) is 0 Å². The maximum absolute atomic E-state index is 12.1. The van der Waals surface area contributed by atoms with Crippen molar-refractivity contribution in [2.75, 3.05) is 5.32 Å². The molecule has 1 amide bonds. The first-order valence-electron chi connectivity index (χ1n) is 5.67. The highest BCUT2D eigenvalue weighted by molar-refractivity contribution is 6.35. The van der Waals surface area contributed by atoms with Crippen LogP contribution in [-0.2, 0) is 0 Å². The number of halogens is 3. The minimum atomic E-state index is -1.20. The maximum atomic E-state index is 12.1. The van der Waals surface area contributed by atoms with Crippen LogP contribution in [0.15, 0.2) is 36.4 Å². The van der Waals surface area contributed by atoms with Crippen molar-refractivity contribution >= 4 is 52.4 Å². The van der Waals surface area contributed by atoms with E-state index < -0.39 is 11.9 Å². The summed E-state index contributed by atoms with van der Waals surface area (Å²) in [4.78, 5) is 23.3. The fourth-order valence-corrected chi connectivity index (χ4v) is 2.38. The number of carbonyl (C=O) groups is 2. The van der Waals surface area contributed by atoms with Gasteiger partial charge < -0.3 is 10.4 Å². The van der Waals surface area contributed by atoms with E-state index in [-0.39, 0.29) is 21.8 Å². The number of hydrogen-bond donors (Lipinski definition) is 2. The largest absolute Gasteiger partial charge is 0.478 e. The average molecular weight is 345 g/mol. The van der Waals surface area contributed by atoms with Gasteiger partial charge in [0.25, 0.3) is 5.91 Å². The first kappa shape index (κ1) is 15.6. The minimum Gasteiger partial charge on any atom is -0.478 e. The van der Waals surface area contributed by atoms with E-state index in [1.54, 1.807) is 0 Å². The van der Waals surface area contributed by atoms with Gasteiger partial charge in [-0.05, 0) is 36.4 Å². The van der Waals surface area contributed by atoms with Crippen LogP contribution in [0.3, 0.4) is 0 Å². The Hall–Kier alpha value is -1.75. The molecule has 2 rings (SSSR count). The minimum absolute atomic E-state index is 0.107. The molecular formula is C14H8Cl3NO3. The smallest absolute Gasteiger partial charge is 0.337 e. The Balaban J connectivity index is 2.33. The molecule has 0 radical (unpaired) electrons. The molecule has 0 unspecified atom stereocenters. The van der Waals surface area contributed by atoms with Crippen molar-refractivity contribution in [2.24, 2.45) is 0 Å². The predicted molar refractivity (Wildman–Crippen MR) is 82.8 cm³/mol. The molecule has 108 valence electrons. The van der Waals surface area contributed by atoms with Crippen LogP contribution in [0.1, 0.15) is 20.7 Å². The highest BCUT2D eigenvalue weighted by atomic mass is 35.5. The number of carbonyl (C=O) groups excluding carboxylic acids is 1. The van der Waals surface area contributed by atoms with Gasteiger partial charge in [0.2, 0.25) is 0 Å². The summed E-state index contributed by atoms with van der Waals surface area (Å²) in [6, 6.07) is 8.50. The summed E-state index contributed by atoms with van der Waals surface area (Å²) in [6.45, 7) is 0. The van der Waals surface area contributed by atoms with Crippen LogP contribution in [0.2, 0.25) is 15.1 Å². The van der Waals surface area contributed by atoms with Crippen LogP contribution < -0.4 is 5.32 Å². The quantitative estimate of drug-likeness (QED) is 0.855. The second-order valence-electron chi connectivity index (χ2n) is 4.11. The fourth-order valence-electron chi connectivity index (χ4n) is 1.68. The van der Waals surface area contributed by atoms with E-state index in [1.807, 2.05) is 0 Å². The molecule has 0 saturated carbocycles. The first-order valence-corrected chi connectivity index (χ1v) is 6.80. The zero-order chi connectivity index (χ0) is 15.6. The van der Waals surface area contributed by atoms with Crippen LogP contribution in [0.4, 0.5) is 5.69 Å². The molecule has 0 fully saturated rings. The molecule has 2 N–H and O–H groups in total. The topological polar surface area (TPSA) is 66.4 Å². The van der Waals surface area contributed by atoms with Crippen molar-refractivity contribution in [1.82, 2.24) is 0 Å². The van der Waals surface area contributed by atoms with Gasteiger partial charge in [-0.1, -0.05) is 34.8 Å². The molecule has 0 aliphatic rings. The molecule has 0 saturated heterocycles. The Bertz CT molecular complexity index is 711. The van der Waals surface area contributed by atoms with Crippen molar-refractivity contribution in [1.29, 1.82) is 0 Å². The zero-order valence-electron chi connectivity index (χ0n) is 10.4. The van der Waals surface area contributed by atoms with Gasteiger partial charge in [-0.2, -0.15) is 0 Å². The van der Waals surface area contributed by atoms with Gasteiger partial charge in [0.15, 0.2) is 0 Å². The fraction of sp³-hybridized carbons (Fsp3) is 0. The number of aromatic carboxylic acids is 1. The van der Waals surface area contributed by atoms with E-state index in [4.69, 9.17) is 39.9 Å². The van der Waals surface area contributed by atoms with Crippen molar-refractivity contribution < 1.29 is 14.7 Å². The molecule has 0 aliphatic heterocycles. The predicted octanol–water partition coefficient (Wildman–Crippen LogP) is 4.60. The van der Waals surface area contributed by atoms with Gasteiger partial charge in [0, 0.05) is 20.6 Å². The molecule has 0 atom stereocenters. The van der Waals surface area contributed by atoms with Crippen molar-refractivity contribution in [3.8, 4) is 0 Å². The van der Waals surface area contributed by atoms with E-state index in [2.05, 4.69) is 5.32 Å². The van der Waals surface area contributed by atoms with E-state index in [9.17, 15) is 9.59 Å². The first-order chi connectivity index (χ1) is 9.86. The Morgan fingerprint density at radius 3 is 2.10 bits per heavy atom. The van der Waals surface area contributed by atoms with Gasteiger partial charge in [0.05, 0.1) is 11.3 Å². The summed E-state index contributed by atoms with van der Waals surface area (Å²) in [7, 11) is 0. The number of carboxylic acids is 1. The second kappa shape index (κ2) is 6.35. The Labute approximate surface area is 135 Å². The monoisotopic (exact) mass is 343 g/mol. The summed E-state index contributed by atoms with van der Waals surface area (Å²) >= 11 is 17.4. The Morgan fingerprint density at radius 2 is 1.52 bits per heavy atom. The lowest BCUT2D eigenvalue weighted by atomic mass is 10.1.